The van der Waals surface area contributed by atoms with Gasteiger partial charge in [0, 0.05) is 50.4 Å². The lowest BCUT2D eigenvalue weighted by atomic mass is 10.2. The maximum Gasteiger partial charge on any atom is 0.251 e. The summed E-state index contributed by atoms with van der Waals surface area (Å²) < 4.78 is 1.20. The molecule has 3 heterocycles. The Hall–Kier alpha value is -3.30. The van der Waals surface area contributed by atoms with Crippen LogP contribution in [0, 0.1) is 0 Å². The first-order valence-electron chi connectivity index (χ1n) is 11.6. The van der Waals surface area contributed by atoms with Crippen molar-refractivity contribution >= 4 is 45.0 Å². The molecule has 8 nitrogen and oxygen atoms in total. The molecule has 2 aromatic carbocycles. The van der Waals surface area contributed by atoms with Crippen LogP contribution in [-0.2, 0) is 16.1 Å². The number of hydrogen-bond acceptors (Lipinski definition) is 6. The number of carbonyl (C=O) groups is 3. The van der Waals surface area contributed by atoms with Gasteiger partial charge in [-0.3, -0.25) is 19.3 Å². The zero-order valence-corrected chi connectivity index (χ0v) is 19.7. The first kappa shape index (κ1) is 22.5. The van der Waals surface area contributed by atoms with Crippen LogP contribution >= 0.6 is 11.3 Å². The second kappa shape index (κ2) is 9.90. The molecule has 176 valence electrons. The zero-order chi connectivity index (χ0) is 23.5. The van der Waals surface area contributed by atoms with Crippen molar-refractivity contribution in [2.24, 2.45) is 0 Å². The first-order valence-corrected chi connectivity index (χ1v) is 12.4. The summed E-state index contributed by atoms with van der Waals surface area (Å²) >= 11 is 1.72. The number of fused-ring (bicyclic) bond motifs is 1. The van der Waals surface area contributed by atoms with Gasteiger partial charge in [-0.05, 0) is 42.8 Å². The van der Waals surface area contributed by atoms with Gasteiger partial charge in [-0.25, -0.2) is 4.98 Å². The van der Waals surface area contributed by atoms with Gasteiger partial charge in [0.1, 0.15) is 5.01 Å². The molecule has 2 aliphatic rings. The molecular formula is C25H27N5O3S. The van der Waals surface area contributed by atoms with Crippen LogP contribution in [0.25, 0.3) is 10.2 Å². The van der Waals surface area contributed by atoms with Crippen molar-refractivity contribution in [2.45, 2.75) is 19.4 Å². The van der Waals surface area contributed by atoms with Crippen LogP contribution in [-0.4, -0.2) is 71.8 Å². The van der Waals surface area contributed by atoms with E-state index >= 15 is 0 Å². The number of nitrogens with zero attached hydrogens (tertiary/aromatic N) is 4. The highest BCUT2D eigenvalue weighted by Crippen LogP contribution is 2.23. The fourth-order valence-corrected chi connectivity index (χ4v) is 5.43. The Morgan fingerprint density at radius 1 is 0.971 bits per heavy atom. The van der Waals surface area contributed by atoms with E-state index in [9.17, 15) is 14.4 Å². The largest absolute Gasteiger partial charge is 0.343 e. The monoisotopic (exact) mass is 477 g/mol. The molecule has 3 aromatic rings. The van der Waals surface area contributed by atoms with Crippen molar-refractivity contribution in [2.75, 3.05) is 44.2 Å². The molecule has 0 spiro atoms. The highest BCUT2D eigenvalue weighted by Gasteiger charge is 2.23. The van der Waals surface area contributed by atoms with Crippen LogP contribution in [0.2, 0.25) is 0 Å². The van der Waals surface area contributed by atoms with Gasteiger partial charge in [0.2, 0.25) is 11.8 Å². The van der Waals surface area contributed by atoms with Crippen molar-refractivity contribution in [3.05, 3.63) is 59.1 Å². The second-order valence-electron chi connectivity index (χ2n) is 8.61. The predicted molar refractivity (Wildman–Crippen MR) is 132 cm³/mol. The number of aromatic nitrogens is 1. The van der Waals surface area contributed by atoms with E-state index in [0.717, 1.165) is 42.3 Å². The number of thiazole rings is 1. The van der Waals surface area contributed by atoms with Gasteiger partial charge in [-0.1, -0.05) is 12.1 Å². The van der Waals surface area contributed by atoms with Crippen LogP contribution < -0.4 is 10.2 Å². The van der Waals surface area contributed by atoms with E-state index in [1.807, 2.05) is 18.2 Å². The molecule has 3 amide bonds. The van der Waals surface area contributed by atoms with E-state index in [1.165, 1.54) is 4.70 Å². The van der Waals surface area contributed by atoms with Crippen LogP contribution in [0.15, 0.2) is 48.5 Å². The predicted octanol–water partition coefficient (Wildman–Crippen LogP) is 2.50. The third-order valence-corrected chi connectivity index (χ3v) is 7.36. The summed E-state index contributed by atoms with van der Waals surface area (Å²) in [5, 5.41) is 3.82. The second-order valence-corrected chi connectivity index (χ2v) is 9.73. The number of nitrogens with one attached hydrogen (secondary N) is 1. The topological polar surface area (TPSA) is 85.8 Å². The lowest BCUT2D eigenvalue weighted by molar-refractivity contribution is -0.131. The average molecular weight is 478 g/mol. The van der Waals surface area contributed by atoms with Crippen LogP contribution in [0.3, 0.4) is 0 Å². The molecule has 0 radical (unpaired) electrons. The minimum Gasteiger partial charge on any atom is -0.343 e. The molecule has 0 unspecified atom stereocenters. The number of rotatable bonds is 6. The van der Waals surface area contributed by atoms with Gasteiger partial charge in [0.25, 0.3) is 5.91 Å². The van der Waals surface area contributed by atoms with E-state index in [2.05, 4.69) is 16.3 Å². The summed E-state index contributed by atoms with van der Waals surface area (Å²) in [6, 6.07) is 15.1. The Bertz CT molecular complexity index is 1170. The maximum absolute atomic E-state index is 12.6. The summed E-state index contributed by atoms with van der Waals surface area (Å²) in [7, 11) is 0. The quantitative estimate of drug-likeness (QED) is 0.590. The number of anilines is 1. The summed E-state index contributed by atoms with van der Waals surface area (Å²) in [4.78, 5) is 47.5. The highest BCUT2D eigenvalue weighted by molar-refractivity contribution is 7.18. The fraction of sp³-hybridized carbons (Fsp3) is 0.360. The van der Waals surface area contributed by atoms with E-state index < -0.39 is 0 Å². The smallest absolute Gasteiger partial charge is 0.251 e. The molecular weight excluding hydrogens is 450 g/mol. The normalized spacial score (nSPS) is 16.9. The van der Waals surface area contributed by atoms with Crippen LogP contribution in [0.5, 0.6) is 0 Å². The number of para-hydroxylation sites is 1. The van der Waals surface area contributed by atoms with E-state index in [4.69, 9.17) is 4.98 Å². The first-order chi connectivity index (χ1) is 16.6. The Labute approximate surface area is 202 Å². The van der Waals surface area contributed by atoms with Crippen molar-refractivity contribution in [1.82, 2.24) is 20.1 Å². The van der Waals surface area contributed by atoms with Crippen molar-refractivity contribution in [3.8, 4) is 0 Å². The molecule has 1 aromatic heterocycles. The standard InChI is InChI=1S/C25H27N5O3S/c31-23-6-3-11-30(23)19-9-7-18(8-10-19)25(33)26-16-24(32)29-14-12-28(13-15-29)17-22-27-20-4-1-2-5-21(20)34-22/h1-2,4-5,7-10H,3,6,11-17H2,(H,26,33). The molecule has 0 saturated carbocycles. The van der Waals surface area contributed by atoms with Gasteiger partial charge in [0.05, 0.1) is 23.3 Å². The maximum atomic E-state index is 12.6. The number of benzene rings is 2. The zero-order valence-electron chi connectivity index (χ0n) is 18.9. The number of carbonyl (C=O) groups excluding carboxylic acids is 3. The van der Waals surface area contributed by atoms with E-state index in [1.54, 1.807) is 45.4 Å². The van der Waals surface area contributed by atoms with Crippen molar-refractivity contribution in [3.63, 3.8) is 0 Å². The van der Waals surface area contributed by atoms with Crippen LogP contribution in [0.4, 0.5) is 5.69 Å². The Kier molecular flexibility index (Phi) is 6.55. The minimum absolute atomic E-state index is 0.0247. The van der Waals surface area contributed by atoms with E-state index in [-0.39, 0.29) is 24.3 Å². The van der Waals surface area contributed by atoms with Crippen molar-refractivity contribution in [1.29, 1.82) is 0 Å². The van der Waals surface area contributed by atoms with Gasteiger partial charge in [-0.15, -0.1) is 11.3 Å². The highest BCUT2D eigenvalue weighted by atomic mass is 32.1. The molecule has 34 heavy (non-hydrogen) atoms. The summed E-state index contributed by atoms with van der Waals surface area (Å²) in [5.74, 6) is -0.252. The molecule has 9 heteroatoms. The molecule has 0 atom stereocenters. The minimum atomic E-state index is -0.290. The Morgan fingerprint density at radius 2 is 1.74 bits per heavy atom. The summed E-state index contributed by atoms with van der Waals surface area (Å²) in [6.45, 7) is 4.32. The number of hydrogen-bond donors (Lipinski definition) is 1. The molecule has 0 bridgehead atoms. The lowest BCUT2D eigenvalue weighted by Crippen LogP contribution is -2.50. The third-order valence-electron chi connectivity index (χ3n) is 6.34. The van der Waals surface area contributed by atoms with Gasteiger partial charge < -0.3 is 15.1 Å². The molecule has 2 saturated heterocycles. The van der Waals surface area contributed by atoms with Gasteiger partial charge in [-0.2, -0.15) is 0 Å². The summed E-state index contributed by atoms with van der Waals surface area (Å²) in [6.07, 6.45) is 1.43. The Morgan fingerprint density at radius 3 is 2.44 bits per heavy atom. The lowest BCUT2D eigenvalue weighted by Gasteiger charge is -2.34. The van der Waals surface area contributed by atoms with Gasteiger partial charge in [0.15, 0.2) is 0 Å². The third kappa shape index (κ3) is 4.95. The van der Waals surface area contributed by atoms with Crippen molar-refractivity contribution < 1.29 is 14.4 Å². The number of amides is 3. The molecule has 1 N–H and O–H groups in total. The van der Waals surface area contributed by atoms with Gasteiger partial charge >= 0.3 is 0 Å². The SMILES string of the molecule is O=C(NCC(=O)N1CCN(Cc2nc3ccccc3s2)CC1)c1ccc(N2CCCC2=O)cc1. The summed E-state index contributed by atoms with van der Waals surface area (Å²) in [5.41, 5.74) is 2.31. The molecule has 2 aliphatic heterocycles. The molecule has 0 aliphatic carbocycles. The molecule has 2 fully saturated rings. The van der Waals surface area contributed by atoms with Crippen LogP contribution in [0.1, 0.15) is 28.2 Å². The van der Waals surface area contributed by atoms with E-state index in [0.29, 0.717) is 31.6 Å². The molecule has 5 rings (SSSR count). The number of piperazine rings is 1. The average Bonchev–Trinajstić information content (AvgIpc) is 3.48. The fourth-order valence-electron chi connectivity index (χ4n) is 4.42. The Balaban J connectivity index is 1.07.